The molecule has 1 amide bonds. The van der Waals surface area contributed by atoms with Crippen molar-refractivity contribution in [1.29, 1.82) is 0 Å². The summed E-state index contributed by atoms with van der Waals surface area (Å²) in [5, 5.41) is 2.58. The Morgan fingerprint density at radius 3 is 2.28 bits per heavy atom. The highest BCUT2D eigenvalue weighted by atomic mass is 35.5. The van der Waals surface area contributed by atoms with Gasteiger partial charge in [-0.25, -0.2) is 21.6 Å². The summed E-state index contributed by atoms with van der Waals surface area (Å²) in [5.41, 5.74) is 0.484. The quantitative estimate of drug-likeness (QED) is 0.460. The van der Waals surface area contributed by atoms with E-state index >= 15 is 0 Å². The summed E-state index contributed by atoms with van der Waals surface area (Å²) >= 11 is 6.16. The normalized spacial score (nSPS) is 14.8. The molecule has 0 aromatic heterocycles. The Morgan fingerprint density at radius 2 is 1.72 bits per heavy atom. The first-order valence-electron chi connectivity index (χ1n) is 10.9. The SMILES string of the molecule is CCOC(=O)c1ccc(NC(=O)CN(c2ccc(S(=O)(=O)N3CCOCC3)cc2)S(C)(=O)=O)c(Cl)c1. The molecule has 2 aromatic carbocycles. The summed E-state index contributed by atoms with van der Waals surface area (Å²) in [6.45, 7) is 2.30. The molecule has 1 heterocycles. The summed E-state index contributed by atoms with van der Waals surface area (Å²) in [6.07, 6.45) is 0.930. The number of amides is 1. The molecule has 14 heteroatoms. The number of hydrogen-bond acceptors (Lipinski definition) is 8. The van der Waals surface area contributed by atoms with E-state index in [1.54, 1.807) is 6.92 Å². The number of halogens is 1. The van der Waals surface area contributed by atoms with E-state index in [1.807, 2.05) is 0 Å². The second-order valence-electron chi connectivity index (χ2n) is 7.74. The van der Waals surface area contributed by atoms with Gasteiger partial charge in [0, 0.05) is 13.1 Å². The fourth-order valence-corrected chi connectivity index (χ4v) is 5.89. The Hall–Kier alpha value is -2.71. The molecule has 196 valence electrons. The number of rotatable bonds is 9. The van der Waals surface area contributed by atoms with Crippen LogP contribution in [-0.2, 0) is 34.3 Å². The summed E-state index contributed by atoms with van der Waals surface area (Å²) < 4.78 is 62.7. The van der Waals surface area contributed by atoms with Gasteiger partial charge in [0.1, 0.15) is 6.54 Å². The Morgan fingerprint density at radius 1 is 1.08 bits per heavy atom. The molecule has 1 aliphatic rings. The van der Waals surface area contributed by atoms with E-state index < -0.39 is 38.5 Å². The highest BCUT2D eigenvalue weighted by molar-refractivity contribution is 7.92. The Labute approximate surface area is 215 Å². The van der Waals surface area contributed by atoms with Gasteiger partial charge < -0.3 is 14.8 Å². The van der Waals surface area contributed by atoms with Gasteiger partial charge in [-0.05, 0) is 49.4 Å². The number of esters is 1. The van der Waals surface area contributed by atoms with Crippen molar-refractivity contribution in [2.24, 2.45) is 0 Å². The van der Waals surface area contributed by atoms with Crippen molar-refractivity contribution in [3.63, 3.8) is 0 Å². The number of anilines is 2. The van der Waals surface area contributed by atoms with Gasteiger partial charge in [0.25, 0.3) is 0 Å². The van der Waals surface area contributed by atoms with Crippen LogP contribution in [0.3, 0.4) is 0 Å². The van der Waals surface area contributed by atoms with E-state index in [4.69, 9.17) is 21.1 Å². The largest absolute Gasteiger partial charge is 0.462 e. The topological polar surface area (TPSA) is 139 Å². The molecule has 0 spiro atoms. The van der Waals surface area contributed by atoms with Crippen LogP contribution in [0.25, 0.3) is 0 Å². The lowest BCUT2D eigenvalue weighted by Gasteiger charge is -2.26. The lowest BCUT2D eigenvalue weighted by Crippen LogP contribution is -2.40. The summed E-state index contributed by atoms with van der Waals surface area (Å²) in [7, 11) is -7.67. The van der Waals surface area contributed by atoms with Crippen molar-refractivity contribution in [1.82, 2.24) is 4.31 Å². The van der Waals surface area contributed by atoms with Crippen LogP contribution in [0.15, 0.2) is 47.4 Å². The molecule has 1 aliphatic heterocycles. The first kappa shape index (κ1) is 27.9. The Balaban J connectivity index is 1.76. The van der Waals surface area contributed by atoms with Gasteiger partial charge in [-0.2, -0.15) is 4.31 Å². The van der Waals surface area contributed by atoms with Gasteiger partial charge in [-0.15, -0.1) is 0 Å². The Kier molecular flexibility index (Phi) is 8.95. The lowest BCUT2D eigenvalue weighted by molar-refractivity contribution is -0.114. The second kappa shape index (κ2) is 11.6. The van der Waals surface area contributed by atoms with Gasteiger partial charge in [0.05, 0.1) is 52.9 Å². The fraction of sp³-hybridized carbons (Fsp3) is 0.364. The highest BCUT2D eigenvalue weighted by Crippen LogP contribution is 2.25. The molecule has 1 N–H and O–H groups in total. The number of sulfonamides is 2. The van der Waals surface area contributed by atoms with Crippen LogP contribution in [0.2, 0.25) is 5.02 Å². The van der Waals surface area contributed by atoms with Crippen molar-refractivity contribution in [2.45, 2.75) is 11.8 Å². The molecular weight excluding hydrogens is 534 g/mol. The third-order valence-corrected chi connectivity index (χ3v) is 8.54. The highest BCUT2D eigenvalue weighted by Gasteiger charge is 2.27. The minimum atomic E-state index is -3.91. The minimum absolute atomic E-state index is 0.000441. The lowest BCUT2D eigenvalue weighted by atomic mass is 10.2. The maximum absolute atomic E-state index is 12.8. The van der Waals surface area contributed by atoms with Crippen LogP contribution in [-0.4, -0.2) is 78.7 Å². The molecule has 0 atom stereocenters. The number of morpholine rings is 1. The number of carbonyl (C=O) groups is 2. The molecule has 3 rings (SSSR count). The summed E-state index contributed by atoms with van der Waals surface area (Å²) in [4.78, 5) is 24.5. The monoisotopic (exact) mass is 559 g/mol. The average molecular weight is 560 g/mol. The molecule has 0 unspecified atom stereocenters. The first-order valence-corrected chi connectivity index (χ1v) is 14.5. The number of nitrogens with zero attached hydrogens (tertiary/aromatic N) is 2. The predicted molar refractivity (Wildman–Crippen MR) is 134 cm³/mol. The van der Waals surface area contributed by atoms with Crippen LogP contribution in [0.1, 0.15) is 17.3 Å². The van der Waals surface area contributed by atoms with E-state index in [2.05, 4.69) is 5.32 Å². The van der Waals surface area contributed by atoms with Crippen molar-refractivity contribution in [3.8, 4) is 0 Å². The van der Waals surface area contributed by atoms with E-state index in [9.17, 15) is 26.4 Å². The predicted octanol–water partition coefficient (Wildman–Crippen LogP) is 1.94. The van der Waals surface area contributed by atoms with Crippen LogP contribution in [0.5, 0.6) is 0 Å². The Bertz CT molecular complexity index is 1330. The van der Waals surface area contributed by atoms with Gasteiger partial charge in [0.2, 0.25) is 26.0 Å². The van der Waals surface area contributed by atoms with E-state index in [0.717, 1.165) is 10.6 Å². The van der Waals surface area contributed by atoms with Crippen molar-refractivity contribution < 1.29 is 35.9 Å². The second-order valence-corrected chi connectivity index (χ2v) is 12.0. The third-order valence-electron chi connectivity index (χ3n) is 5.17. The molecule has 36 heavy (non-hydrogen) atoms. The van der Waals surface area contributed by atoms with Gasteiger partial charge in [-0.1, -0.05) is 11.6 Å². The van der Waals surface area contributed by atoms with Crippen molar-refractivity contribution in [3.05, 3.63) is 53.1 Å². The number of hydrogen-bond donors (Lipinski definition) is 1. The summed E-state index contributed by atoms with van der Waals surface area (Å²) in [6, 6.07) is 9.38. The standard InChI is InChI=1S/C22H26ClN3O8S2/c1-3-34-22(28)16-4-9-20(19(23)14-16)24-21(27)15-26(35(2,29)30)17-5-7-18(8-6-17)36(31,32)25-10-12-33-13-11-25/h4-9,14H,3,10-13,15H2,1-2H3,(H,24,27). The third kappa shape index (κ3) is 6.73. The van der Waals surface area contributed by atoms with Crippen molar-refractivity contribution >= 4 is 54.9 Å². The molecule has 1 fully saturated rings. The number of nitrogens with one attached hydrogen (secondary N) is 1. The maximum Gasteiger partial charge on any atom is 0.338 e. The van der Waals surface area contributed by atoms with Gasteiger partial charge >= 0.3 is 5.97 Å². The average Bonchev–Trinajstić information content (AvgIpc) is 2.84. The molecule has 0 saturated carbocycles. The first-order chi connectivity index (χ1) is 16.9. The summed E-state index contributed by atoms with van der Waals surface area (Å²) in [5.74, 6) is -1.27. The number of benzene rings is 2. The number of ether oxygens (including phenoxy) is 2. The molecule has 11 nitrogen and oxygen atoms in total. The zero-order chi connectivity index (χ0) is 26.5. The van der Waals surface area contributed by atoms with Gasteiger partial charge in [0.15, 0.2) is 0 Å². The molecule has 0 radical (unpaired) electrons. The molecule has 0 aliphatic carbocycles. The maximum atomic E-state index is 12.8. The fourth-order valence-electron chi connectivity index (χ4n) is 3.40. The van der Waals surface area contributed by atoms with Crippen LogP contribution < -0.4 is 9.62 Å². The zero-order valence-electron chi connectivity index (χ0n) is 19.6. The molecule has 2 aromatic rings. The minimum Gasteiger partial charge on any atom is -0.462 e. The smallest absolute Gasteiger partial charge is 0.338 e. The van der Waals surface area contributed by atoms with Crippen LogP contribution >= 0.6 is 11.6 Å². The van der Waals surface area contributed by atoms with E-state index in [-0.39, 0.29) is 46.6 Å². The molecule has 1 saturated heterocycles. The molecule has 0 bridgehead atoms. The van der Waals surface area contributed by atoms with E-state index in [0.29, 0.717) is 13.2 Å². The van der Waals surface area contributed by atoms with Crippen LogP contribution in [0, 0.1) is 0 Å². The number of carbonyl (C=O) groups excluding carboxylic acids is 2. The zero-order valence-corrected chi connectivity index (χ0v) is 22.0. The van der Waals surface area contributed by atoms with E-state index in [1.165, 1.54) is 46.8 Å². The van der Waals surface area contributed by atoms with Crippen LogP contribution in [0.4, 0.5) is 11.4 Å². The molecular formula is C22H26ClN3O8S2. The van der Waals surface area contributed by atoms with Gasteiger partial charge in [-0.3, -0.25) is 9.10 Å². The van der Waals surface area contributed by atoms with Crippen molar-refractivity contribution in [2.75, 3.05) is 55.3 Å².